The van der Waals surface area contributed by atoms with E-state index in [0.29, 0.717) is 5.16 Å². The van der Waals surface area contributed by atoms with Gasteiger partial charge in [0.15, 0.2) is 11.0 Å². The zero-order valence-corrected chi connectivity index (χ0v) is 17.2. The second-order valence-corrected chi connectivity index (χ2v) is 7.98. The first-order chi connectivity index (χ1) is 14.2. The number of carbonyl (C=O) groups is 1. The molecular weight excluding hydrogens is 384 g/mol. The maximum Gasteiger partial charge on any atom is 0.234 e. The molecule has 7 nitrogen and oxygen atoms in total. The lowest BCUT2D eigenvalue weighted by Crippen LogP contribution is -2.29. The number of pyridine rings is 1. The molecule has 150 valence electrons. The van der Waals surface area contributed by atoms with Crippen LogP contribution in [0.15, 0.2) is 53.9 Å². The number of piperidine rings is 1. The van der Waals surface area contributed by atoms with Gasteiger partial charge in [0.25, 0.3) is 0 Å². The molecule has 0 radical (unpaired) electrons. The zero-order valence-electron chi connectivity index (χ0n) is 16.4. The molecule has 0 saturated carbocycles. The van der Waals surface area contributed by atoms with Gasteiger partial charge >= 0.3 is 0 Å². The van der Waals surface area contributed by atoms with Crippen molar-refractivity contribution in [1.29, 1.82) is 0 Å². The number of carbonyl (C=O) groups excluding carboxylic acids is 1. The summed E-state index contributed by atoms with van der Waals surface area (Å²) in [5, 5.41) is 12.1. The van der Waals surface area contributed by atoms with Gasteiger partial charge in [-0.2, -0.15) is 0 Å². The van der Waals surface area contributed by atoms with Crippen LogP contribution in [0.3, 0.4) is 0 Å². The van der Waals surface area contributed by atoms with Crippen LogP contribution in [0, 0.1) is 0 Å². The predicted molar refractivity (Wildman–Crippen MR) is 116 cm³/mol. The Balaban J connectivity index is 1.32. The second-order valence-electron chi connectivity index (χ2n) is 7.03. The van der Waals surface area contributed by atoms with Crippen LogP contribution in [0.4, 0.5) is 11.4 Å². The number of hydrogen-bond acceptors (Lipinski definition) is 6. The van der Waals surface area contributed by atoms with Gasteiger partial charge in [0.1, 0.15) is 0 Å². The summed E-state index contributed by atoms with van der Waals surface area (Å²) in [6.45, 7) is 2.23. The maximum atomic E-state index is 12.4. The summed E-state index contributed by atoms with van der Waals surface area (Å²) >= 11 is 1.37. The SMILES string of the molecule is Cn1c(SCC(=O)Nc2ccc(N3CCCCC3)cc2)nnc1-c1ccncc1. The zero-order chi connectivity index (χ0) is 20.1. The van der Waals surface area contributed by atoms with Gasteiger partial charge in [-0.1, -0.05) is 11.8 Å². The van der Waals surface area contributed by atoms with Gasteiger partial charge < -0.3 is 14.8 Å². The standard InChI is InChI=1S/C21H24N6OS/c1-26-20(16-9-11-22-12-10-16)24-25-21(26)29-15-19(28)23-17-5-7-18(8-6-17)27-13-3-2-4-14-27/h5-12H,2-4,13-15H2,1H3,(H,23,28). The third kappa shape index (κ3) is 4.76. The molecule has 1 aliphatic heterocycles. The van der Waals surface area contributed by atoms with E-state index in [-0.39, 0.29) is 11.7 Å². The molecule has 3 aromatic rings. The molecule has 0 unspecified atom stereocenters. The summed E-state index contributed by atoms with van der Waals surface area (Å²) in [4.78, 5) is 18.8. The van der Waals surface area contributed by atoms with Crippen molar-refractivity contribution in [3.05, 3.63) is 48.8 Å². The van der Waals surface area contributed by atoms with Crippen LogP contribution in [-0.2, 0) is 11.8 Å². The van der Waals surface area contributed by atoms with Gasteiger partial charge in [0.05, 0.1) is 5.75 Å². The van der Waals surface area contributed by atoms with Gasteiger partial charge in [-0.3, -0.25) is 9.78 Å². The van der Waals surface area contributed by atoms with Crippen molar-refractivity contribution in [2.75, 3.05) is 29.1 Å². The minimum absolute atomic E-state index is 0.0609. The molecule has 1 fully saturated rings. The van der Waals surface area contributed by atoms with Crippen molar-refractivity contribution < 1.29 is 4.79 Å². The van der Waals surface area contributed by atoms with Crippen molar-refractivity contribution >= 4 is 29.0 Å². The molecule has 3 heterocycles. The van der Waals surface area contributed by atoms with Crippen molar-refractivity contribution in [3.8, 4) is 11.4 Å². The van der Waals surface area contributed by atoms with Gasteiger partial charge in [0.2, 0.25) is 5.91 Å². The Morgan fingerprint density at radius 1 is 1.03 bits per heavy atom. The normalized spacial score (nSPS) is 14.0. The summed E-state index contributed by atoms with van der Waals surface area (Å²) in [7, 11) is 1.90. The summed E-state index contributed by atoms with van der Waals surface area (Å²) in [5.74, 6) is 0.966. The highest BCUT2D eigenvalue weighted by Gasteiger charge is 2.14. The van der Waals surface area contributed by atoms with Gasteiger partial charge in [-0.15, -0.1) is 10.2 Å². The largest absolute Gasteiger partial charge is 0.372 e. The minimum Gasteiger partial charge on any atom is -0.372 e. The van der Waals surface area contributed by atoms with E-state index < -0.39 is 0 Å². The lowest BCUT2D eigenvalue weighted by Gasteiger charge is -2.28. The first-order valence-corrected chi connectivity index (χ1v) is 10.8. The van der Waals surface area contributed by atoms with E-state index in [1.165, 1.54) is 36.7 Å². The average molecular weight is 409 g/mol. The van der Waals surface area contributed by atoms with Crippen molar-refractivity contribution in [1.82, 2.24) is 19.7 Å². The van der Waals surface area contributed by atoms with E-state index >= 15 is 0 Å². The number of amides is 1. The highest BCUT2D eigenvalue weighted by molar-refractivity contribution is 7.99. The number of benzene rings is 1. The van der Waals surface area contributed by atoms with Crippen LogP contribution in [-0.4, -0.2) is 44.5 Å². The Hall–Kier alpha value is -2.87. The number of hydrogen-bond donors (Lipinski definition) is 1. The maximum absolute atomic E-state index is 12.4. The fourth-order valence-corrected chi connectivity index (χ4v) is 4.14. The van der Waals surface area contributed by atoms with Gasteiger partial charge in [-0.05, 0) is 55.7 Å². The van der Waals surface area contributed by atoms with Gasteiger partial charge in [0, 0.05) is 49.5 Å². The van der Waals surface area contributed by atoms with E-state index in [9.17, 15) is 4.79 Å². The van der Waals surface area contributed by atoms with E-state index in [0.717, 1.165) is 30.2 Å². The molecule has 1 N–H and O–H groups in total. The quantitative estimate of drug-likeness (QED) is 0.628. The van der Waals surface area contributed by atoms with E-state index in [1.807, 2.05) is 35.9 Å². The molecule has 4 rings (SSSR count). The van der Waals surface area contributed by atoms with Gasteiger partial charge in [-0.25, -0.2) is 0 Å². The van der Waals surface area contributed by atoms with Crippen LogP contribution in [0.1, 0.15) is 19.3 Å². The second kappa shape index (κ2) is 9.09. The Bertz CT molecular complexity index is 951. The number of rotatable bonds is 6. The van der Waals surface area contributed by atoms with Crippen LogP contribution in [0.2, 0.25) is 0 Å². The molecule has 1 amide bonds. The summed E-state index contributed by atoms with van der Waals surface area (Å²) < 4.78 is 1.89. The fraction of sp³-hybridized carbons (Fsp3) is 0.333. The smallest absolute Gasteiger partial charge is 0.234 e. The highest BCUT2D eigenvalue weighted by Crippen LogP contribution is 2.24. The molecular formula is C21H24N6OS. The van der Waals surface area contributed by atoms with E-state index in [1.54, 1.807) is 12.4 Å². The summed E-state index contributed by atoms with van der Waals surface area (Å²) in [6, 6.07) is 11.9. The lowest BCUT2D eigenvalue weighted by atomic mass is 10.1. The predicted octanol–water partition coefficient (Wildman–Crippen LogP) is 3.60. The molecule has 29 heavy (non-hydrogen) atoms. The Morgan fingerprint density at radius 2 is 1.76 bits per heavy atom. The number of nitrogens with one attached hydrogen (secondary N) is 1. The molecule has 2 aromatic heterocycles. The van der Waals surface area contributed by atoms with Crippen LogP contribution in [0.5, 0.6) is 0 Å². The summed E-state index contributed by atoms with van der Waals surface area (Å²) in [5.41, 5.74) is 2.98. The lowest BCUT2D eigenvalue weighted by molar-refractivity contribution is -0.113. The first kappa shape index (κ1) is 19.4. The molecule has 1 aromatic carbocycles. The highest BCUT2D eigenvalue weighted by atomic mass is 32.2. The molecule has 0 aliphatic carbocycles. The average Bonchev–Trinajstić information content (AvgIpc) is 3.14. The number of thioether (sulfide) groups is 1. The van der Waals surface area contributed by atoms with Crippen molar-refractivity contribution in [3.63, 3.8) is 0 Å². The van der Waals surface area contributed by atoms with Crippen LogP contribution in [0.25, 0.3) is 11.4 Å². The number of aromatic nitrogens is 4. The van der Waals surface area contributed by atoms with E-state index in [4.69, 9.17) is 0 Å². The molecule has 8 heteroatoms. The fourth-order valence-electron chi connectivity index (χ4n) is 3.43. The van der Waals surface area contributed by atoms with Crippen LogP contribution < -0.4 is 10.2 Å². The topological polar surface area (TPSA) is 75.9 Å². The first-order valence-electron chi connectivity index (χ1n) is 9.78. The minimum atomic E-state index is -0.0609. The third-order valence-corrected chi connectivity index (χ3v) is 6.00. The summed E-state index contributed by atoms with van der Waals surface area (Å²) in [6.07, 6.45) is 7.26. The van der Waals surface area contributed by atoms with Crippen molar-refractivity contribution in [2.45, 2.75) is 24.4 Å². The Morgan fingerprint density at radius 3 is 2.48 bits per heavy atom. The van der Waals surface area contributed by atoms with Crippen molar-refractivity contribution in [2.24, 2.45) is 7.05 Å². The number of anilines is 2. The molecule has 1 saturated heterocycles. The molecule has 1 aliphatic rings. The third-order valence-electron chi connectivity index (χ3n) is 4.98. The number of nitrogens with zero attached hydrogens (tertiary/aromatic N) is 5. The molecule has 0 bridgehead atoms. The molecule has 0 atom stereocenters. The Kier molecular flexibility index (Phi) is 6.09. The van der Waals surface area contributed by atoms with Crippen LogP contribution >= 0.6 is 11.8 Å². The monoisotopic (exact) mass is 408 g/mol. The molecule has 0 spiro atoms. The Labute approximate surface area is 174 Å². The van der Waals surface area contributed by atoms with E-state index in [2.05, 4.69) is 37.5 Å².